The van der Waals surface area contributed by atoms with Crippen molar-refractivity contribution in [2.45, 2.75) is 52.6 Å². The van der Waals surface area contributed by atoms with Gasteiger partial charge >= 0.3 is 0 Å². The van der Waals surface area contributed by atoms with E-state index in [0.717, 1.165) is 13.0 Å². The minimum atomic E-state index is 0.186. The van der Waals surface area contributed by atoms with Crippen LogP contribution >= 0.6 is 0 Å². The molecule has 0 rings (SSSR count). The summed E-state index contributed by atoms with van der Waals surface area (Å²) >= 11 is 0. The molecule has 0 aliphatic rings. The summed E-state index contributed by atoms with van der Waals surface area (Å²) < 4.78 is 0. The topological polar surface area (TPSA) is 38.0 Å². The SMILES string of the molecule is CCC(C)C(N)CNC(C)(C)C. The predicted molar refractivity (Wildman–Crippen MR) is 55.2 cm³/mol. The lowest BCUT2D eigenvalue weighted by Gasteiger charge is -2.25. The van der Waals surface area contributed by atoms with Gasteiger partial charge in [-0.15, -0.1) is 0 Å². The van der Waals surface area contributed by atoms with E-state index >= 15 is 0 Å². The van der Waals surface area contributed by atoms with Gasteiger partial charge in [-0.3, -0.25) is 0 Å². The molecule has 0 fully saturated rings. The van der Waals surface area contributed by atoms with Crippen molar-refractivity contribution in [3.05, 3.63) is 0 Å². The Morgan fingerprint density at radius 1 is 1.33 bits per heavy atom. The number of hydrogen-bond acceptors (Lipinski definition) is 2. The second-order valence-corrected chi connectivity index (χ2v) is 4.68. The van der Waals surface area contributed by atoms with Crippen LogP contribution in [-0.2, 0) is 0 Å². The number of nitrogens with one attached hydrogen (secondary N) is 1. The van der Waals surface area contributed by atoms with Crippen LogP contribution in [0.5, 0.6) is 0 Å². The molecule has 0 aliphatic heterocycles. The van der Waals surface area contributed by atoms with Crippen LogP contribution < -0.4 is 11.1 Å². The third kappa shape index (κ3) is 5.56. The smallest absolute Gasteiger partial charge is 0.0191 e. The van der Waals surface area contributed by atoms with Crippen molar-refractivity contribution in [3.63, 3.8) is 0 Å². The van der Waals surface area contributed by atoms with Crippen LogP contribution in [0.15, 0.2) is 0 Å². The maximum atomic E-state index is 5.97. The Balaban J connectivity index is 3.64. The molecule has 0 radical (unpaired) electrons. The van der Waals surface area contributed by atoms with Crippen LogP contribution in [0.2, 0.25) is 0 Å². The summed E-state index contributed by atoms with van der Waals surface area (Å²) in [5, 5.41) is 3.41. The van der Waals surface area contributed by atoms with Crippen LogP contribution in [-0.4, -0.2) is 18.1 Å². The quantitative estimate of drug-likeness (QED) is 0.678. The van der Waals surface area contributed by atoms with Gasteiger partial charge in [-0.25, -0.2) is 0 Å². The standard InChI is InChI=1S/C10H24N2/c1-6-8(2)9(11)7-12-10(3,4)5/h8-9,12H,6-7,11H2,1-5H3. The second kappa shape index (κ2) is 4.83. The zero-order chi connectivity index (χ0) is 9.78. The van der Waals surface area contributed by atoms with Crippen LogP contribution in [0, 0.1) is 5.92 Å². The zero-order valence-electron chi connectivity index (χ0n) is 9.15. The first-order valence-corrected chi connectivity index (χ1v) is 4.87. The van der Waals surface area contributed by atoms with Gasteiger partial charge < -0.3 is 11.1 Å². The number of hydrogen-bond donors (Lipinski definition) is 2. The summed E-state index contributed by atoms with van der Waals surface area (Å²) in [5.41, 5.74) is 6.16. The molecule has 3 N–H and O–H groups in total. The van der Waals surface area contributed by atoms with Crippen molar-refractivity contribution >= 4 is 0 Å². The van der Waals surface area contributed by atoms with E-state index in [4.69, 9.17) is 5.73 Å². The fourth-order valence-electron chi connectivity index (χ4n) is 0.928. The molecule has 0 aromatic rings. The van der Waals surface area contributed by atoms with Crippen molar-refractivity contribution in [1.29, 1.82) is 0 Å². The van der Waals surface area contributed by atoms with Crippen molar-refractivity contribution in [2.24, 2.45) is 11.7 Å². The van der Waals surface area contributed by atoms with Gasteiger partial charge in [-0.1, -0.05) is 20.3 Å². The summed E-state index contributed by atoms with van der Waals surface area (Å²) in [6, 6.07) is 0.286. The van der Waals surface area contributed by atoms with E-state index in [-0.39, 0.29) is 11.6 Å². The number of rotatable bonds is 4. The Bertz CT molecular complexity index is 115. The lowest BCUT2D eigenvalue weighted by Crippen LogP contribution is -2.46. The molecular weight excluding hydrogens is 148 g/mol. The fourth-order valence-corrected chi connectivity index (χ4v) is 0.928. The van der Waals surface area contributed by atoms with Gasteiger partial charge in [0.15, 0.2) is 0 Å². The third-order valence-corrected chi connectivity index (χ3v) is 2.24. The van der Waals surface area contributed by atoms with Crippen molar-refractivity contribution in [2.75, 3.05) is 6.54 Å². The molecule has 0 saturated heterocycles. The molecule has 0 amide bonds. The highest BCUT2D eigenvalue weighted by Crippen LogP contribution is 2.06. The minimum absolute atomic E-state index is 0.186. The summed E-state index contributed by atoms with van der Waals surface area (Å²) in [6.07, 6.45) is 1.16. The molecule has 0 saturated carbocycles. The molecule has 12 heavy (non-hydrogen) atoms. The first kappa shape index (κ1) is 11.9. The van der Waals surface area contributed by atoms with Crippen LogP contribution in [0.25, 0.3) is 0 Å². The minimum Gasteiger partial charge on any atom is -0.326 e. The molecule has 0 bridgehead atoms. The van der Waals surface area contributed by atoms with E-state index in [0.29, 0.717) is 5.92 Å². The monoisotopic (exact) mass is 172 g/mol. The third-order valence-electron chi connectivity index (χ3n) is 2.24. The van der Waals surface area contributed by atoms with Gasteiger partial charge in [-0.05, 0) is 26.7 Å². The molecule has 2 nitrogen and oxygen atoms in total. The van der Waals surface area contributed by atoms with Crippen molar-refractivity contribution < 1.29 is 0 Å². The van der Waals surface area contributed by atoms with Crippen LogP contribution in [0.3, 0.4) is 0 Å². The van der Waals surface area contributed by atoms with Crippen LogP contribution in [0.1, 0.15) is 41.0 Å². The molecule has 0 aromatic heterocycles. The van der Waals surface area contributed by atoms with E-state index in [9.17, 15) is 0 Å². The highest BCUT2D eigenvalue weighted by molar-refractivity contribution is 4.77. The zero-order valence-corrected chi connectivity index (χ0v) is 9.15. The maximum Gasteiger partial charge on any atom is 0.0191 e. The lowest BCUT2D eigenvalue weighted by atomic mass is 9.99. The van der Waals surface area contributed by atoms with Crippen molar-refractivity contribution in [3.8, 4) is 0 Å². The molecule has 0 aliphatic carbocycles. The van der Waals surface area contributed by atoms with Crippen LogP contribution in [0.4, 0.5) is 0 Å². The average Bonchev–Trinajstić information content (AvgIpc) is 1.97. The summed E-state index contributed by atoms with van der Waals surface area (Å²) in [5.74, 6) is 0.611. The molecule has 2 atom stereocenters. The molecule has 2 unspecified atom stereocenters. The lowest BCUT2D eigenvalue weighted by molar-refractivity contribution is 0.356. The van der Waals surface area contributed by atoms with E-state index in [1.165, 1.54) is 0 Å². The molecule has 0 aromatic carbocycles. The first-order chi connectivity index (χ1) is 5.37. The van der Waals surface area contributed by atoms with Gasteiger partial charge in [0.2, 0.25) is 0 Å². The Kier molecular flexibility index (Phi) is 4.80. The molecule has 2 heteroatoms. The van der Waals surface area contributed by atoms with Gasteiger partial charge in [0.1, 0.15) is 0 Å². The average molecular weight is 172 g/mol. The van der Waals surface area contributed by atoms with Gasteiger partial charge in [0, 0.05) is 18.1 Å². The van der Waals surface area contributed by atoms with E-state index in [1.807, 2.05) is 0 Å². The largest absolute Gasteiger partial charge is 0.326 e. The predicted octanol–water partition coefficient (Wildman–Crippen LogP) is 1.75. The van der Waals surface area contributed by atoms with Crippen molar-refractivity contribution in [1.82, 2.24) is 5.32 Å². The Labute approximate surface area is 76.9 Å². The Hall–Kier alpha value is -0.0800. The summed E-state index contributed by atoms with van der Waals surface area (Å²) in [6.45, 7) is 11.8. The molecule has 74 valence electrons. The summed E-state index contributed by atoms with van der Waals surface area (Å²) in [7, 11) is 0. The normalized spacial score (nSPS) is 17.5. The highest BCUT2D eigenvalue weighted by atomic mass is 15.0. The first-order valence-electron chi connectivity index (χ1n) is 4.87. The maximum absolute atomic E-state index is 5.97. The van der Waals surface area contributed by atoms with E-state index < -0.39 is 0 Å². The van der Waals surface area contributed by atoms with Gasteiger partial charge in [0.05, 0.1) is 0 Å². The second-order valence-electron chi connectivity index (χ2n) is 4.68. The Morgan fingerprint density at radius 3 is 2.17 bits per heavy atom. The number of nitrogens with two attached hydrogens (primary N) is 1. The van der Waals surface area contributed by atoms with E-state index in [1.54, 1.807) is 0 Å². The fraction of sp³-hybridized carbons (Fsp3) is 1.00. The molecule has 0 spiro atoms. The Morgan fingerprint density at radius 2 is 1.83 bits per heavy atom. The summed E-state index contributed by atoms with van der Waals surface area (Å²) in [4.78, 5) is 0. The van der Waals surface area contributed by atoms with Gasteiger partial charge in [-0.2, -0.15) is 0 Å². The van der Waals surface area contributed by atoms with E-state index in [2.05, 4.69) is 39.9 Å². The molecular formula is C10H24N2. The van der Waals surface area contributed by atoms with Gasteiger partial charge in [0.25, 0.3) is 0 Å². The molecule has 0 heterocycles. The highest BCUT2D eigenvalue weighted by Gasteiger charge is 2.14.